The van der Waals surface area contributed by atoms with E-state index in [-0.39, 0.29) is 44.2 Å². The second-order valence-corrected chi connectivity index (χ2v) is 8.88. The number of amides is 4. The topological polar surface area (TPSA) is 249 Å². The van der Waals surface area contributed by atoms with Gasteiger partial charge in [-0.1, -0.05) is 13.8 Å². The third kappa shape index (κ3) is 9.76. The van der Waals surface area contributed by atoms with Crippen LogP contribution < -0.4 is 33.6 Å². The molecular formula is C21H38N8O6. The van der Waals surface area contributed by atoms with Crippen LogP contribution in [0.1, 0.15) is 52.4 Å². The van der Waals surface area contributed by atoms with Crippen LogP contribution in [0.3, 0.4) is 0 Å². The van der Waals surface area contributed by atoms with Gasteiger partial charge in [0.15, 0.2) is 5.96 Å². The minimum Gasteiger partial charge on any atom is -0.480 e. The van der Waals surface area contributed by atoms with Crippen molar-refractivity contribution >= 4 is 35.6 Å². The van der Waals surface area contributed by atoms with Crippen LogP contribution in [0.25, 0.3) is 0 Å². The highest BCUT2D eigenvalue weighted by Gasteiger charge is 2.38. The molecule has 1 aliphatic heterocycles. The highest BCUT2D eigenvalue weighted by molar-refractivity contribution is 5.94. The Hall–Kier alpha value is -3.42. The molecule has 11 N–H and O–H groups in total. The third-order valence-corrected chi connectivity index (χ3v) is 5.67. The summed E-state index contributed by atoms with van der Waals surface area (Å²) in [5.74, 6) is -3.98. The summed E-state index contributed by atoms with van der Waals surface area (Å²) in [5.41, 5.74) is 21.5. The first-order chi connectivity index (χ1) is 16.3. The van der Waals surface area contributed by atoms with Crippen LogP contribution in [0, 0.1) is 5.92 Å². The van der Waals surface area contributed by atoms with E-state index in [1.54, 1.807) is 13.8 Å². The molecule has 4 unspecified atom stereocenters. The first kappa shape index (κ1) is 29.6. The summed E-state index contributed by atoms with van der Waals surface area (Å²) in [6.45, 7) is 3.88. The largest absolute Gasteiger partial charge is 0.480 e. The maximum absolute atomic E-state index is 13.2. The highest BCUT2D eigenvalue weighted by atomic mass is 16.4. The van der Waals surface area contributed by atoms with Crippen LogP contribution in [0.4, 0.5) is 0 Å². The number of guanidine groups is 1. The molecule has 1 rings (SSSR count). The lowest BCUT2D eigenvalue weighted by atomic mass is 10.0. The van der Waals surface area contributed by atoms with E-state index in [2.05, 4.69) is 15.6 Å². The van der Waals surface area contributed by atoms with Gasteiger partial charge in [-0.05, 0) is 38.0 Å². The highest BCUT2D eigenvalue weighted by Crippen LogP contribution is 2.20. The number of carbonyl (C=O) groups excluding carboxylic acids is 4. The van der Waals surface area contributed by atoms with Gasteiger partial charge in [0.25, 0.3) is 0 Å². The molecule has 0 saturated carbocycles. The molecule has 4 amide bonds. The minimum atomic E-state index is -1.11. The number of carboxylic acid groups (broad SMARTS) is 1. The SMILES string of the molecule is CC(C)C(NC(=O)C(N)CCC(N)=O)C(=O)NC(CCCN=C(N)N)C(=O)N1CCCC1C(=O)O. The average molecular weight is 499 g/mol. The zero-order valence-electron chi connectivity index (χ0n) is 20.2. The lowest BCUT2D eigenvalue weighted by Crippen LogP contribution is -2.58. The number of likely N-dealkylation sites (tertiary alicyclic amines) is 1. The van der Waals surface area contributed by atoms with Crippen LogP contribution in [-0.2, 0) is 24.0 Å². The summed E-state index contributed by atoms with van der Waals surface area (Å²) in [6, 6.07) is -4.08. The van der Waals surface area contributed by atoms with E-state index in [9.17, 15) is 29.1 Å². The van der Waals surface area contributed by atoms with Crippen molar-refractivity contribution in [3.63, 3.8) is 0 Å². The van der Waals surface area contributed by atoms with Crippen LogP contribution in [-0.4, -0.2) is 82.8 Å². The van der Waals surface area contributed by atoms with Crippen LogP contribution >= 0.6 is 0 Å². The van der Waals surface area contributed by atoms with Crippen molar-refractivity contribution in [2.75, 3.05) is 13.1 Å². The summed E-state index contributed by atoms with van der Waals surface area (Å²) in [6.07, 6.45) is 1.29. The zero-order valence-corrected chi connectivity index (χ0v) is 20.2. The van der Waals surface area contributed by atoms with Crippen molar-refractivity contribution in [2.45, 2.75) is 76.5 Å². The van der Waals surface area contributed by atoms with Gasteiger partial charge in [0, 0.05) is 19.5 Å². The Balaban J connectivity index is 2.98. The number of hydrogen-bond donors (Lipinski definition) is 7. The second-order valence-electron chi connectivity index (χ2n) is 8.88. The maximum atomic E-state index is 13.2. The minimum absolute atomic E-state index is 0.0189. The van der Waals surface area contributed by atoms with Crippen molar-refractivity contribution in [1.82, 2.24) is 15.5 Å². The first-order valence-corrected chi connectivity index (χ1v) is 11.6. The Labute approximate surface area is 204 Å². The number of hydrogen-bond acceptors (Lipinski definition) is 7. The number of nitrogens with zero attached hydrogens (tertiary/aromatic N) is 2. The van der Waals surface area contributed by atoms with Gasteiger partial charge in [-0.25, -0.2) is 4.79 Å². The molecule has 0 bridgehead atoms. The number of nitrogens with one attached hydrogen (secondary N) is 2. The standard InChI is InChI=1S/C21H38N8O6/c1-11(2)16(28-17(31)12(22)7-8-15(23)30)18(32)27-13(5-3-9-26-21(24)25)19(33)29-10-4-6-14(29)20(34)35/h11-14,16H,3-10,22H2,1-2H3,(H2,23,30)(H,27,32)(H,28,31)(H,34,35)(H4,24,25,26). The van der Waals surface area contributed by atoms with Crippen LogP contribution in [0.15, 0.2) is 4.99 Å². The molecule has 198 valence electrons. The quantitative estimate of drug-likeness (QED) is 0.0748. The first-order valence-electron chi connectivity index (χ1n) is 11.6. The molecule has 1 saturated heterocycles. The monoisotopic (exact) mass is 498 g/mol. The summed E-state index contributed by atoms with van der Waals surface area (Å²) >= 11 is 0. The molecule has 0 spiro atoms. The number of nitrogens with two attached hydrogens (primary N) is 4. The van der Waals surface area contributed by atoms with Crippen molar-refractivity contribution in [3.05, 3.63) is 0 Å². The van der Waals surface area contributed by atoms with Gasteiger partial charge in [-0.15, -0.1) is 0 Å². The molecule has 14 nitrogen and oxygen atoms in total. The number of aliphatic imine (C=N–C) groups is 1. The molecule has 0 aromatic carbocycles. The van der Waals surface area contributed by atoms with Gasteiger partial charge in [-0.2, -0.15) is 0 Å². The van der Waals surface area contributed by atoms with Crippen molar-refractivity contribution in [2.24, 2.45) is 33.8 Å². The van der Waals surface area contributed by atoms with Crippen molar-refractivity contribution in [3.8, 4) is 0 Å². The Morgan fingerprint density at radius 2 is 1.71 bits per heavy atom. The molecule has 1 fully saturated rings. The number of carboxylic acids is 1. The van der Waals surface area contributed by atoms with E-state index in [1.165, 1.54) is 4.90 Å². The fourth-order valence-corrected chi connectivity index (χ4v) is 3.73. The van der Waals surface area contributed by atoms with Gasteiger partial charge < -0.3 is 43.6 Å². The van der Waals surface area contributed by atoms with E-state index in [4.69, 9.17) is 22.9 Å². The predicted molar refractivity (Wildman–Crippen MR) is 127 cm³/mol. The summed E-state index contributed by atoms with van der Waals surface area (Å²) in [7, 11) is 0. The molecule has 0 aliphatic carbocycles. The van der Waals surface area contributed by atoms with E-state index in [0.29, 0.717) is 19.3 Å². The zero-order chi connectivity index (χ0) is 26.7. The van der Waals surface area contributed by atoms with Crippen LogP contribution in [0.5, 0.6) is 0 Å². The Kier molecular flexibility index (Phi) is 11.9. The summed E-state index contributed by atoms with van der Waals surface area (Å²) in [5, 5.41) is 14.7. The number of aliphatic carboxylic acids is 1. The fourth-order valence-electron chi connectivity index (χ4n) is 3.73. The molecule has 1 aliphatic rings. The van der Waals surface area contributed by atoms with E-state index >= 15 is 0 Å². The van der Waals surface area contributed by atoms with E-state index in [0.717, 1.165) is 0 Å². The Bertz CT molecular complexity index is 814. The maximum Gasteiger partial charge on any atom is 0.326 e. The normalized spacial score (nSPS) is 17.8. The van der Waals surface area contributed by atoms with Gasteiger partial charge >= 0.3 is 5.97 Å². The number of primary amides is 1. The molecule has 1 heterocycles. The number of rotatable bonds is 14. The summed E-state index contributed by atoms with van der Waals surface area (Å²) in [4.78, 5) is 66.4. The summed E-state index contributed by atoms with van der Waals surface area (Å²) < 4.78 is 0. The molecule has 14 heteroatoms. The van der Waals surface area contributed by atoms with Gasteiger partial charge in [0.05, 0.1) is 6.04 Å². The average Bonchev–Trinajstić information content (AvgIpc) is 3.26. The van der Waals surface area contributed by atoms with Gasteiger partial charge in [-0.3, -0.25) is 24.2 Å². The van der Waals surface area contributed by atoms with Gasteiger partial charge in [0.2, 0.25) is 23.6 Å². The molecule has 4 atom stereocenters. The van der Waals surface area contributed by atoms with Gasteiger partial charge in [0.1, 0.15) is 18.1 Å². The molecule has 35 heavy (non-hydrogen) atoms. The second kappa shape index (κ2) is 14.1. The Morgan fingerprint density at radius 3 is 2.26 bits per heavy atom. The van der Waals surface area contributed by atoms with E-state index in [1.807, 2.05) is 0 Å². The smallest absolute Gasteiger partial charge is 0.326 e. The van der Waals surface area contributed by atoms with Crippen LogP contribution in [0.2, 0.25) is 0 Å². The van der Waals surface area contributed by atoms with E-state index < -0.39 is 53.8 Å². The number of carbonyl (C=O) groups is 5. The van der Waals surface area contributed by atoms with Crippen molar-refractivity contribution in [1.29, 1.82) is 0 Å². The molecule has 0 radical (unpaired) electrons. The lowest BCUT2D eigenvalue weighted by Gasteiger charge is -2.30. The third-order valence-electron chi connectivity index (χ3n) is 5.67. The lowest BCUT2D eigenvalue weighted by molar-refractivity contribution is -0.149. The fraction of sp³-hybridized carbons (Fsp3) is 0.714. The molecular weight excluding hydrogens is 460 g/mol. The predicted octanol–water partition coefficient (Wildman–Crippen LogP) is -2.67. The molecule has 0 aromatic heterocycles. The molecule has 0 aromatic rings. The Morgan fingerprint density at radius 1 is 1.06 bits per heavy atom. The van der Waals surface area contributed by atoms with Crippen molar-refractivity contribution < 1.29 is 29.1 Å².